The summed E-state index contributed by atoms with van der Waals surface area (Å²) < 4.78 is 18.6. The molecule has 4 nitrogen and oxygen atoms in total. The van der Waals surface area contributed by atoms with Crippen LogP contribution < -0.4 is 11.1 Å². The Bertz CT molecular complexity index is 656. The smallest absolute Gasteiger partial charge is 0.340 e. The Hall–Kier alpha value is -2.27. The van der Waals surface area contributed by atoms with Gasteiger partial charge in [0.25, 0.3) is 0 Å². The van der Waals surface area contributed by atoms with Crippen LogP contribution in [0.5, 0.6) is 0 Å². The molecule has 0 radical (unpaired) electrons. The third kappa shape index (κ3) is 3.44. The lowest BCUT2D eigenvalue weighted by atomic mass is 10.1. The first-order chi connectivity index (χ1) is 10.0. The van der Waals surface area contributed by atoms with E-state index in [-0.39, 0.29) is 22.9 Å². The molecule has 6 heteroatoms. The lowest BCUT2D eigenvalue weighted by Crippen LogP contribution is -2.08. The van der Waals surface area contributed by atoms with Crippen molar-refractivity contribution in [2.24, 2.45) is 0 Å². The lowest BCUT2D eigenvalue weighted by Gasteiger charge is -2.12. The second-order valence-corrected chi connectivity index (χ2v) is 4.65. The number of para-hydroxylation sites is 1. The normalized spacial score (nSPS) is 10.2. The van der Waals surface area contributed by atoms with Crippen LogP contribution in [0.1, 0.15) is 17.3 Å². The fourth-order valence-corrected chi connectivity index (χ4v) is 1.99. The molecule has 0 heterocycles. The van der Waals surface area contributed by atoms with Crippen molar-refractivity contribution in [3.05, 3.63) is 52.8 Å². The van der Waals surface area contributed by atoms with Gasteiger partial charge in [0.2, 0.25) is 0 Å². The molecule has 3 N–H and O–H groups in total. The van der Waals surface area contributed by atoms with Crippen LogP contribution in [0.25, 0.3) is 0 Å². The number of nitrogens with one attached hydrogen (secondary N) is 1. The first kappa shape index (κ1) is 15.1. The molecular formula is C15H14ClFN2O2. The number of carbonyl (C=O) groups is 1. The Labute approximate surface area is 126 Å². The summed E-state index contributed by atoms with van der Waals surface area (Å²) in [5.74, 6) is -1.02. The quantitative estimate of drug-likeness (QED) is 0.662. The van der Waals surface area contributed by atoms with Crippen molar-refractivity contribution in [3.63, 3.8) is 0 Å². The topological polar surface area (TPSA) is 64.3 Å². The van der Waals surface area contributed by atoms with Gasteiger partial charge in [-0.25, -0.2) is 9.18 Å². The van der Waals surface area contributed by atoms with Gasteiger partial charge in [0, 0.05) is 11.4 Å². The molecule has 2 aromatic rings. The summed E-state index contributed by atoms with van der Waals surface area (Å²) in [7, 11) is 0. The molecule has 0 atom stereocenters. The number of anilines is 3. The number of hydrogen-bond donors (Lipinski definition) is 2. The van der Waals surface area contributed by atoms with Gasteiger partial charge in [-0.15, -0.1) is 0 Å². The van der Waals surface area contributed by atoms with E-state index in [1.54, 1.807) is 25.1 Å². The van der Waals surface area contributed by atoms with Crippen LogP contribution in [-0.2, 0) is 4.74 Å². The van der Waals surface area contributed by atoms with Crippen LogP contribution >= 0.6 is 11.6 Å². The summed E-state index contributed by atoms with van der Waals surface area (Å²) >= 11 is 5.94. The van der Waals surface area contributed by atoms with Crippen molar-refractivity contribution < 1.29 is 13.9 Å². The lowest BCUT2D eigenvalue weighted by molar-refractivity contribution is 0.0527. The Morgan fingerprint density at radius 2 is 2.14 bits per heavy atom. The van der Waals surface area contributed by atoms with Crippen molar-refractivity contribution in [3.8, 4) is 0 Å². The van der Waals surface area contributed by atoms with Gasteiger partial charge in [-0.05, 0) is 37.3 Å². The number of benzene rings is 2. The van der Waals surface area contributed by atoms with E-state index in [1.165, 1.54) is 18.2 Å². The molecule has 0 aliphatic carbocycles. The van der Waals surface area contributed by atoms with Crippen LogP contribution in [0.2, 0.25) is 5.02 Å². The Morgan fingerprint density at radius 1 is 1.38 bits per heavy atom. The van der Waals surface area contributed by atoms with Gasteiger partial charge in [-0.2, -0.15) is 0 Å². The largest absolute Gasteiger partial charge is 0.462 e. The van der Waals surface area contributed by atoms with E-state index in [0.717, 1.165) is 0 Å². The SMILES string of the molecule is CCOC(=O)c1cc(Nc2c(F)cccc2Cl)ccc1N. The third-order valence-electron chi connectivity index (χ3n) is 2.78. The fourth-order valence-electron chi connectivity index (χ4n) is 1.78. The van der Waals surface area contributed by atoms with Gasteiger partial charge in [0.05, 0.1) is 22.9 Å². The van der Waals surface area contributed by atoms with Crippen molar-refractivity contribution in [1.82, 2.24) is 0 Å². The zero-order valence-electron chi connectivity index (χ0n) is 11.3. The highest BCUT2D eigenvalue weighted by Crippen LogP contribution is 2.29. The van der Waals surface area contributed by atoms with Gasteiger partial charge < -0.3 is 15.8 Å². The molecule has 0 saturated carbocycles. The Kier molecular flexibility index (Phi) is 4.65. The number of ether oxygens (including phenoxy) is 1. The molecule has 0 aliphatic rings. The van der Waals surface area contributed by atoms with Crippen LogP contribution in [0.3, 0.4) is 0 Å². The van der Waals surface area contributed by atoms with E-state index in [1.807, 2.05) is 0 Å². The van der Waals surface area contributed by atoms with E-state index in [4.69, 9.17) is 22.1 Å². The predicted octanol–water partition coefficient (Wildman–Crippen LogP) is 3.98. The third-order valence-corrected chi connectivity index (χ3v) is 3.10. The van der Waals surface area contributed by atoms with Crippen molar-refractivity contribution in [1.29, 1.82) is 0 Å². The fraction of sp³-hybridized carbons (Fsp3) is 0.133. The zero-order chi connectivity index (χ0) is 15.4. The monoisotopic (exact) mass is 308 g/mol. The van der Waals surface area contributed by atoms with Crippen molar-refractivity contribution >= 4 is 34.6 Å². The van der Waals surface area contributed by atoms with Gasteiger partial charge in [0.1, 0.15) is 5.82 Å². The highest BCUT2D eigenvalue weighted by Gasteiger charge is 2.13. The van der Waals surface area contributed by atoms with E-state index >= 15 is 0 Å². The Balaban J connectivity index is 2.33. The molecule has 2 rings (SSSR count). The number of halogens is 2. The minimum absolute atomic E-state index is 0.138. The van der Waals surface area contributed by atoms with E-state index in [0.29, 0.717) is 11.4 Å². The van der Waals surface area contributed by atoms with Crippen LogP contribution in [0.15, 0.2) is 36.4 Å². The number of esters is 1. The summed E-state index contributed by atoms with van der Waals surface area (Å²) in [5, 5.41) is 3.08. The molecule has 2 aromatic carbocycles. The van der Waals surface area contributed by atoms with E-state index in [9.17, 15) is 9.18 Å². The number of nitrogen functional groups attached to an aromatic ring is 1. The van der Waals surface area contributed by atoms with Gasteiger partial charge in [0.15, 0.2) is 0 Å². The number of hydrogen-bond acceptors (Lipinski definition) is 4. The highest BCUT2D eigenvalue weighted by molar-refractivity contribution is 6.33. The molecular weight excluding hydrogens is 295 g/mol. The summed E-state index contributed by atoms with van der Waals surface area (Å²) in [6, 6.07) is 9.03. The van der Waals surface area contributed by atoms with Gasteiger partial charge >= 0.3 is 5.97 Å². The van der Waals surface area contributed by atoms with E-state index in [2.05, 4.69) is 5.32 Å². The summed E-state index contributed by atoms with van der Waals surface area (Å²) in [4.78, 5) is 11.8. The minimum Gasteiger partial charge on any atom is -0.462 e. The average molecular weight is 309 g/mol. The molecule has 0 bridgehead atoms. The Morgan fingerprint density at radius 3 is 2.81 bits per heavy atom. The molecule has 0 unspecified atom stereocenters. The number of nitrogens with two attached hydrogens (primary N) is 1. The maximum Gasteiger partial charge on any atom is 0.340 e. The molecule has 0 fully saturated rings. The summed E-state index contributed by atoms with van der Waals surface area (Å²) in [5.41, 5.74) is 6.88. The molecule has 0 saturated heterocycles. The zero-order valence-corrected chi connectivity index (χ0v) is 12.1. The minimum atomic E-state index is -0.529. The number of carbonyl (C=O) groups excluding carboxylic acids is 1. The number of rotatable bonds is 4. The van der Waals surface area contributed by atoms with Gasteiger partial charge in [-0.3, -0.25) is 0 Å². The molecule has 21 heavy (non-hydrogen) atoms. The predicted molar refractivity (Wildman–Crippen MR) is 81.5 cm³/mol. The first-order valence-electron chi connectivity index (χ1n) is 6.30. The maximum absolute atomic E-state index is 13.7. The molecule has 0 spiro atoms. The van der Waals surface area contributed by atoms with Crippen molar-refractivity contribution in [2.45, 2.75) is 6.92 Å². The second kappa shape index (κ2) is 6.45. The second-order valence-electron chi connectivity index (χ2n) is 4.24. The molecule has 0 aromatic heterocycles. The van der Waals surface area contributed by atoms with Gasteiger partial charge in [-0.1, -0.05) is 17.7 Å². The first-order valence-corrected chi connectivity index (χ1v) is 6.68. The molecule has 0 amide bonds. The highest BCUT2D eigenvalue weighted by atomic mass is 35.5. The summed E-state index contributed by atoms with van der Waals surface area (Å²) in [6.07, 6.45) is 0. The van der Waals surface area contributed by atoms with E-state index < -0.39 is 11.8 Å². The maximum atomic E-state index is 13.7. The van der Waals surface area contributed by atoms with Crippen LogP contribution in [-0.4, -0.2) is 12.6 Å². The summed E-state index contributed by atoms with van der Waals surface area (Å²) in [6.45, 7) is 1.95. The molecule has 0 aliphatic heterocycles. The van der Waals surface area contributed by atoms with Crippen LogP contribution in [0.4, 0.5) is 21.5 Å². The molecule has 110 valence electrons. The van der Waals surface area contributed by atoms with Crippen molar-refractivity contribution in [2.75, 3.05) is 17.7 Å². The standard InChI is InChI=1S/C15H14ClFN2O2/c1-2-21-15(20)10-8-9(6-7-13(10)18)19-14-11(16)4-3-5-12(14)17/h3-8,19H,2,18H2,1H3. The average Bonchev–Trinajstić information content (AvgIpc) is 2.45. The van der Waals surface area contributed by atoms with Crippen LogP contribution in [0, 0.1) is 5.82 Å².